The van der Waals surface area contributed by atoms with E-state index in [1.165, 1.54) is 0 Å². The second-order valence-corrected chi connectivity index (χ2v) is 11.4. The van der Waals surface area contributed by atoms with E-state index >= 15 is 0 Å². The van der Waals surface area contributed by atoms with Crippen molar-refractivity contribution in [2.45, 2.75) is 96.9 Å². The average molecular weight is 449 g/mol. The average Bonchev–Trinajstić information content (AvgIpc) is 3.01. The van der Waals surface area contributed by atoms with Crippen LogP contribution in [-0.4, -0.2) is 45.1 Å². The fraction of sp³-hybridized carbons (Fsp3) is 0.958. The first-order chi connectivity index (χ1) is 13.6. The molecular weight excluding hydrogens is 407 g/mol. The summed E-state index contributed by atoms with van der Waals surface area (Å²) in [6.45, 7) is 6.67. The Bertz CT molecular complexity index is 646. The van der Waals surface area contributed by atoms with Gasteiger partial charge < -0.3 is 30.7 Å². The number of fused-ring (bicyclic) bond motifs is 5. The molecule has 0 aromatic carbocycles. The molecule has 9 unspecified atom stereocenters. The van der Waals surface area contributed by atoms with Crippen molar-refractivity contribution in [3.8, 4) is 0 Å². The third-order valence-electron chi connectivity index (χ3n) is 10.3. The molecule has 0 heterocycles. The van der Waals surface area contributed by atoms with Gasteiger partial charge in [-0.1, -0.05) is 20.8 Å². The zero-order valence-electron chi connectivity index (χ0n) is 19.7. The normalized spacial score (nSPS) is 49.5. The first kappa shape index (κ1) is 27.6. The van der Waals surface area contributed by atoms with Crippen LogP contribution in [0.2, 0.25) is 0 Å². The summed E-state index contributed by atoms with van der Waals surface area (Å²) >= 11 is 0. The number of carbonyl (C=O) groups is 1. The Balaban J connectivity index is 0.00000171. The largest absolute Gasteiger partial charge is 1.00 e. The van der Waals surface area contributed by atoms with Gasteiger partial charge in [-0.3, -0.25) is 0 Å². The molecule has 4 rings (SSSR count). The topological polar surface area (TPSA) is 132 Å². The minimum atomic E-state index is -0.998. The summed E-state index contributed by atoms with van der Waals surface area (Å²) in [6.07, 6.45) is 5.72. The quantitative estimate of drug-likeness (QED) is 0.441. The van der Waals surface area contributed by atoms with Crippen LogP contribution in [0.5, 0.6) is 0 Å². The van der Waals surface area contributed by atoms with E-state index in [-0.39, 0.29) is 88.2 Å². The molecule has 5 N–H and O–H groups in total. The van der Waals surface area contributed by atoms with Crippen LogP contribution in [0.3, 0.4) is 0 Å². The molecule has 4 aliphatic rings. The predicted molar refractivity (Wildman–Crippen MR) is 111 cm³/mol. The maximum atomic E-state index is 11.5. The van der Waals surface area contributed by atoms with Crippen molar-refractivity contribution in [1.82, 2.24) is 0 Å². The summed E-state index contributed by atoms with van der Waals surface area (Å²) < 4.78 is 0. The molecule has 4 fully saturated rings. The number of rotatable bonds is 4. The van der Waals surface area contributed by atoms with Gasteiger partial charge in [0.25, 0.3) is 0 Å². The number of carboxylic acids is 1. The molecule has 4 aliphatic carbocycles. The van der Waals surface area contributed by atoms with E-state index < -0.39 is 12.1 Å². The van der Waals surface area contributed by atoms with E-state index in [2.05, 4.69) is 20.8 Å². The summed E-state index contributed by atoms with van der Waals surface area (Å²) in [6, 6.07) is 0. The molecular formula is C24H41NaO6. The molecule has 4 saturated carbocycles. The molecule has 0 aromatic heterocycles. The van der Waals surface area contributed by atoms with Crippen molar-refractivity contribution in [2.24, 2.45) is 46.3 Å². The number of hydrogen-bond donors (Lipinski definition) is 3. The van der Waals surface area contributed by atoms with E-state index in [9.17, 15) is 25.2 Å². The van der Waals surface area contributed by atoms with Gasteiger partial charge in [0.1, 0.15) is 0 Å². The van der Waals surface area contributed by atoms with Crippen LogP contribution in [0.4, 0.5) is 0 Å². The van der Waals surface area contributed by atoms with E-state index in [0.29, 0.717) is 18.3 Å². The Morgan fingerprint density at radius 1 is 1.06 bits per heavy atom. The van der Waals surface area contributed by atoms with Gasteiger partial charge in [-0.05, 0) is 104 Å². The minimum absolute atomic E-state index is 0. The van der Waals surface area contributed by atoms with Crippen molar-refractivity contribution in [3.63, 3.8) is 0 Å². The Morgan fingerprint density at radius 2 is 1.74 bits per heavy atom. The van der Waals surface area contributed by atoms with Crippen molar-refractivity contribution >= 4 is 5.97 Å². The number of aliphatic carboxylic acids is 1. The first-order valence-electron chi connectivity index (χ1n) is 11.8. The molecule has 0 spiro atoms. The number of aliphatic hydroxyl groups is 3. The standard InChI is InChI=1S/C24H40O5.Na.H2O/c1-13(4-7-21(28)29)16-5-6-17-22-18(12-20(27)24(16,17)3)23(2)9-8-15(25)10-14(23)11-19(22)26;;/h13-20,22,25-27H,4-12H2,1-3H3,(H,28,29);;1H2/q;+1;/p-1/t13?,14?,15?,16?,17?,18?,19?,20?,22?,23-,24+;;/m0../s1. The van der Waals surface area contributed by atoms with Crippen LogP contribution in [0, 0.1) is 46.3 Å². The summed E-state index contributed by atoms with van der Waals surface area (Å²) in [5.74, 6) is 0.635. The minimum Gasteiger partial charge on any atom is -0.550 e. The first-order valence-corrected chi connectivity index (χ1v) is 11.8. The molecule has 0 amide bonds. The molecule has 7 heteroatoms. The van der Waals surface area contributed by atoms with E-state index in [0.717, 1.165) is 44.9 Å². The molecule has 6 nitrogen and oxygen atoms in total. The zero-order valence-corrected chi connectivity index (χ0v) is 21.7. The monoisotopic (exact) mass is 448 g/mol. The molecule has 0 aromatic rings. The molecule has 31 heavy (non-hydrogen) atoms. The number of hydrogen-bond acceptors (Lipinski definition) is 5. The van der Waals surface area contributed by atoms with Gasteiger partial charge in [-0.25, -0.2) is 0 Å². The van der Waals surface area contributed by atoms with Crippen LogP contribution < -0.4 is 34.7 Å². The van der Waals surface area contributed by atoms with Gasteiger partial charge in [0, 0.05) is 5.97 Å². The second-order valence-electron chi connectivity index (χ2n) is 11.4. The van der Waals surface area contributed by atoms with Crippen molar-refractivity contribution in [2.75, 3.05) is 0 Å². The smallest absolute Gasteiger partial charge is 0.550 e. The van der Waals surface area contributed by atoms with Gasteiger partial charge in [-0.15, -0.1) is 0 Å². The molecule has 0 aliphatic heterocycles. The predicted octanol–water partition coefficient (Wildman–Crippen LogP) is -1.71. The van der Waals surface area contributed by atoms with Crippen LogP contribution in [-0.2, 0) is 4.79 Å². The van der Waals surface area contributed by atoms with Gasteiger partial charge in [0.15, 0.2) is 0 Å². The summed E-state index contributed by atoms with van der Waals surface area (Å²) in [7, 11) is 0. The van der Waals surface area contributed by atoms with Gasteiger partial charge in [0.05, 0.1) is 18.3 Å². The van der Waals surface area contributed by atoms with E-state index in [1.54, 1.807) is 0 Å². The third kappa shape index (κ3) is 4.40. The van der Waals surface area contributed by atoms with Crippen LogP contribution in [0.15, 0.2) is 0 Å². The number of aliphatic hydroxyl groups excluding tert-OH is 3. The fourth-order valence-corrected chi connectivity index (χ4v) is 8.68. The summed E-state index contributed by atoms with van der Waals surface area (Å²) in [5, 5.41) is 43.9. The SMILES string of the molecule is CC(CCC(=O)[O-])C1CCC2C3C(O)CC4CC(O)CC[C@]4(C)C3CC(O)[C@]12C.O.[Na+]. The molecule has 174 valence electrons. The Morgan fingerprint density at radius 3 is 2.39 bits per heavy atom. The van der Waals surface area contributed by atoms with E-state index in [1.807, 2.05) is 0 Å². The van der Waals surface area contributed by atoms with Crippen molar-refractivity contribution in [1.29, 1.82) is 0 Å². The van der Waals surface area contributed by atoms with Crippen LogP contribution in [0.25, 0.3) is 0 Å². The fourth-order valence-electron chi connectivity index (χ4n) is 8.68. The van der Waals surface area contributed by atoms with Gasteiger partial charge in [0.2, 0.25) is 0 Å². The Hall–Kier alpha value is 0.310. The summed E-state index contributed by atoms with van der Waals surface area (Å²) in [4.78, 5) is 11.0. The van der Waals surface area contributed by atoms with E-state index in [4.69, 9.17) is 0 Å². The van der Waals surface area contributed by atoms with Crippen molar-refractivity contribution in [3.05, 3.63) is 0 Å². The third-order valence-corrected chi connectivity index (χ3v) is 10.3. The number of carboxylic acid groups (broad SMARTS) is 1. The Labute approximate surface area is 208 Å². The van der Waals surface area contributed by atoms with Gasteiger partial charge in [-0.2, -0.15) is 0 Å². The van der Waals surface area contributed by atoms with Crippen LogP contribution >= 0.6 is 0 Å². The molecule has 0 saturated heterocycles. The maximum absolute atomic E-state index is 11.5. The molecule has 0 bridgehead atoms. The Kier molecular flexibility index (Phi) is 8.79. The zero-order chi connectivity index (χ0) is 21.1. The van der Waals surface area contributed by atoms with Gasteiger partial charge >= 0.3 is 29.6 Å². The van der Waals surface area contributed by atoms with Crippen molar-refractivity contribution < 1.29 is 60.3 Å². The van der Waals surface area contributed by atoms with Crippen LogP contribution in [0.1, 0.15) is 78.6 Å². The number of carbonyl (C=O) groups excluding carboxylic acids is 1. The molecule has 0 radical (unpaired) electrons. The maximum Gasteiger partial charge on any atom is 1.00 e. The molecule has 11 atom stereocenters. The second kappa shape index (κ2) is 9.89. The summed E-state index contributed by atoms with van der Waals surface area (Å²) in [5.41, 5.74) is -0.172.